The van der Waals surface area contributed by atoms with Crippen LogP contribution in [0.3, 0.4) is 0 Å². The van der Waals surface area contributed by atoms with Crippen molar-refractivity contribution in [1.82, 2.24) is 4.90 Å². The highest BCUT2D eigenvalue weighted by atomic mass is 32.1. The highest BCUT2D eigenvalue weighted by Crippen LogP contribution is 2.18. The molecule has 1 unspecified atom stereocenters. The molecule has 1 saturated heterocycles. The Kier molecular flexibility index (Phi) is 4.78. The van der Waals surface area contributed by atoms with Gasteiger partial charge >= 0.3 is 0 Å². The van der Waals surface area contributed by atoms with Gasteiger partial charge in [0.1, 0.15) is 0 Å². The molecule has 1 aromatic heterocycles. The molecule has 0 bridgehead atoms. The van der Waals surface area contributed by atoms with Crippen molar-refractivity contribution < 1.29 is 9.69 Å². The lowest BCUT2D eigenvalue weighted by molar-refractivity contribution is -0.877. The predicted octanol–water partition coefficient (Wildman–Crippen LogP) is 1.06. The molecule has 1 amide bonds. The predicted molar refractivity (Wildman–Crippen MR) is 75.5 cm³/mol. The van der Waals surface area contributed by atoms with E-state index in [-0.39, 0.29) is 5.91 Å². The van der Waals surface area contributed by atoms with Gasteiger partial charge in [0.05, 0.1) is 32.2 Å². The first kappa shape index (κ1) is 13.6. The number of carbonyl (C=O) groups is 1. The van der Waals surface area contributed by atoms with E-state index in [4.69, 9.17) is 0 Å². The van der Waals surface area contributed by atoms with Crippen molar-refractivity contribution in [3.05, 3.63) is 21.9 Å². The van der Waals surface area contributed by atoms with Crippen molar-refractivity contribution in [1.29, 1.82) is 0 Å². The Bertz CT molecular complexity index is 402. The molecule has 3 nitrogen and oxygen atoms in total. The summed E-state index contributed by atoms with van der Waals surface area (Å²) in [6.45, 7) is 6.22. The van der Waals surface area contributed by atoms with Crippen LogP contribution in [0.15, 0.2) is 11.4 Å². The lowest BCUT2D eigenvalue weighted by atomic mass is 10.2. The van der Waals surface area contributed by atoms with Gasteiger partial charge in [0.15, 0.2) is 0 Å². The highest BCUT2D eigenvalue weighted by Gasteiger charge is 2.21. The second-order valence-electron chi connectivity index (χ2n) is 5.15. The molecular weight excluding hydrogens is 244 g/mol. The van der Waals surface area contributed by atoms with E-state index in [2.05, 4.69) is 20.0 Å². The number of hydrogen-bond acceptors (Lipinski definition) is 2. The van der Waals surface area contributed by atoms with Crippen LogP contribution in [0.25, 0.3) is 0 Å². The fraction of sp³-hybridized carbons (Fsp3) is 0.643. The van der Waals surface area contributed by atoms with Crippen molar-refractivity contribution in [2.75, 3.05) is 33.2 Å². The van der Waals surface area contributed by atoms with Gasteiger partial charge in [-0.15, -0.1) is 11.3 Å². The summed E-state index contributed by atoms with van der Waals surface area (Å²) in [6, 6.07) is 2.08. The van der Waals surface area contributed by atoms with Crippen LogP contribution in [0.5, 0.6) is 0 Å². The molecule has 1 N–H and O–H groups in total. The standard InChI is InChI=1S/C14H22N2OS/c1-3-5-13-10-12(11-18-13)14(17)16-7-4-6-15(2)8-9-16/h10-11H,3-9H2,1-2H3/p+1. The number of likely N-dealkylation sites (N-methyl/N-ethyl adjacent to an activating group) is 1. The van der Waals surface area contributed by atoms with Gasteiger partial charge in [0.25, 0.3) is 5.91 Å². The second kappa shape index (κ2) is 6.34. The summed E-state index contributed by atoms with van der Waals surface area (Å²) in [4.78, 5) is 17.3. The van der Waals surface area contributed by atoms with Crippen molar-refractivity contribution in [3.63, 3.8) is 0 Å². The minimum Gasteiger partial charge on any atom is -0.336 e. The fourth-order valence-corrected chi connectivity index (χ4v) is 3.35. The van der Waals surface area contributed by atoms with E-state index in [9.17, 15) is 4.79 Å². The first-order chi connectivity index (χ1) is 8.70. The maximum absolute atomic E-state index is 12.4. The summed E-state index contributed by atoms with van der Waals surface area (Å²) >= 11 is 1.72. The van der Waals surface area contributed by atoms with Crippen molar-refractivity contribution in [2.45, 2.75) is 26.2 Å². The molecular formula is C14H23N2OS+. The zero-order valence-electron chi connectivity index (χ0n) is 11.4. The van der Waals surface area contributed by atoms with Crippen molar-refractivity contribution in [3.8, 4) is 0 Å². The SMILES string of the molecule is CCCc1cc(C(=O)N2CCC[NH+](C)CC2)cs1. The quantitative estimate of drug-likeness (QED) is 0.870. The minimum absolute atomic E-state index is 0.225. The van der Waals surface area contributed by atoms with Crippen LogP contribution in [0.1, 0.15) is 35.0 Å². The third-order valence-corrected chi connectivity index (χ3v) is 4.52. The third kappa shape index (κ3) is 3.33. The van der Waals surface area contributed by atoms with E-state index in [1.54, 1.807) is 11.3 Å². The highest BCUT2D eigenvalue weighted by molar-refractivity contribution is 7.10. The van der Waals surface area contributed by atoms with Gasteiger partial charge in [-0.05, 0) is 12.5 Å². The van der Waals surface area contributed by atoms with Gasteiger partial charge < -0.3 is 9.80 Å². The number of thiophene rings is 1. The lowest BCUT2D eigenvalue weighted by Crippen LogP contribution is -3.09. The molecule has 2 heterocycles. The first-order valence-electron chi connectivity index (χ1n) is 6.88. The molecule has 0 spiro atoms. The molecule has 1 fully saturated rings. The van der Waals surface area contributed by atoms with E-state index in [0.717, 1.165) is 44.5 Å². The number of nitrogens with one attached hydrogen (secondary N) is 1. The maximum atomic E-state index is 12.4. The summed E-state index contributed by atoms with van der Waals surface area (Å²) in [7, 11) is 2.21. The fourth-order valence-electron chi connectivity index (χ4n) is 2.39. The molecule has 1 aliphatic rings. The average Bonchev–Trinajstić information content (AvgIpc) is 2.71. The molecule has 2 rings (SSSR count). The minimum atomic E-state index is 0.225. The Morgan fingerprint density at radius 1 is 1.44 bits per heavy atom. The third-order valence-electron chi connectivity index (χ3n) is 3.52. The van der Waals surface area contributed by atoms with Gasteiger partial charge in [-0.1, -0.05) is 13.3 Å². The molecule has 4 heteroatoms. The van der Waals surface area contributed by atoms with Crippen LogP contribution in [-0.4, -0.2) is 44.0 Å². The monoisotopic (exact) mass is 267 g/mol. The Hall–Kier alpha value is -0.870. The van der Waals surface area contributed by atoms with Crippen LogP contribution < -0.4 is 4.90 Å². The number of amides is 1. The lowest BCUT2D eigenvalue weighted by Gasteiger charge is -2.18. The number of carbonyl (C=O) groups excluding carboxylic acids is 1. The van der Waals surface area contributed by atoms with E-state index < -0.39 is 0 Å². The number of aryl methyl sites for hydroxylation is 1. The molecule has 1 aromatic rings. The average molecular weight is 267 g/mol. The molecule has 1 aliphatic heterocycles. The van der Waals surface area contributed by atoms with E-state index in [0.29, 0.717) is 0 Å². The molecule has 18 heavy (non-hydrogen) atoms. The summed E-state index contributed by atoms with van der Waals surface area (Å²) in [5, 5.41) is 2.02. The smallest absolute Gasteiger partial charge is 0.254 e. The molecule has 0 saturated carbocycles. The van der Waals surface area contributed by atoms with E-state index in [1.807, 2.05) is 10.3 Å². The topological polar surface area (TPSA) is 24.8 Å². The van der Waals surface area contributed by atoms with E-state index >= 15 is 0 Å². The number of rotatable bonds is 3. The Morgan fingerprint density at radius 2 is 2.28 bits per heavy atom. The Labute approximate surface area is 113 Å². The zero-order valence-corrected chi connectivity index (χ0v) is 12.2. The summed E-state index contributed by atoms with van der Waals surface area (Å²) in [5.41, 5.74) is 0.892. The molecule has 100 valence electrons. The maximum Gasteiger partial charge on any atom is 0.254 e. The van der Waals surface area contributed by atoms with Crippen LogP contribution in [-0.2, 0) is 6.42 Å². The Morgan fingerprint density at radius 3 is 3.06 bits per heavy atom. The van der Waals surface area contributed by atoms with Gasteiger partial charge in [0.2, 0.25) is 0 Å². The molecule has 1 atom stereocenters. The normalized spacial score (nSPS) is 20.8. The number of quaternary nitrogens is 1. The summed E-state index contributed by atoms with van der Waals surface area (Å²) < 4.78 is 0. The van der Waals surface area contributed by atoms with Crippen LogP contribution in [0.2, 0.25) is 0 Å². The van der Waals surface area contributed by atoms with Gasteiger partial charge in [-0.2, -0.15) is 0 Å². The number of hydrogen-bond donors (Lipinski definition) is 1. The second-order valence-corrected chi connectivity index (χ2v) is 6.15. The molecule has 0 radical (unpaired) electrons. The van der Waals surface area contributed by atoms with Crippen LogP contribution in [0.4, 0.5) is 0 Å². The summed E-state index contributed by atoms with van der Waals surface area (Å²) in [5.74, 6) is 0.225. The molecule has 0 aromatic carbocycles. The van der Waals surface area contributed by atoms with Crippen molar-refractivity contribution in [2.24, 2.45) is 0 Å². The summed E-state index contributed by atoms with van der Waals surface area (Å²) in [6.07, 6.45) is 3.35. The van der Waals surface area contributed by atoms with E-state index in [1.165, 1.54) is 16.3 Å². The van der Waals surface area contributed by atoms with Crippen molar-refractivity contribution >= 4 is 17.2 Å². The van der Waals surface area contributed by atoms with Gasteiger partial charge in [-0.3, -0.25) is 4.79 Å². The number of nitrogens with zero attached hydrogens (tertiary/aromatic N) is 1. The molecule has 0 aliphatic carbocycles. The zero-order chi connectivity index (χ0) is 13.0. The van der Waals surface area contributed by atoms with Crippen LogP contribution in [0, 0.1) is 0 Å². The first-order valence-corrected chi connectivity index (χ1v) is 7.76. The van der Waals surface area contributed by atoms with Gasteiger partial charge in [0, 0.05) is 23.2 Å². The van der Waals surface area contributed by atoms with Gasteiger partial charge in [-0.25, -0.2) is 0 Å². The Balaban J connectivity index is 2.00. The van der Waals surface area contributed by atoms with Crippen LogP contribution >= 0.6 is 11.3 Å². The largest absolute Gasteiger partial charge is 0.336 e.